The van der Waals surface area contributed by atoms with Gasteiger partial charge in [0.15, 0.2) is 5.82 Å². The first kappa shape index (κ1) is 15.1. The summed E-state index contributed by atoms with van der Waals surface area (Å²) in [5, 5.41) is 7.63. The molecule has 0 saturated heterocycles. The maximum atomic E-state index is 12.1. The van der Waals surface area contributed by atoms with Crippen LogP contribution in [0.4, 0.5) is 8.78 Å². The van der Waals surface area contributed by atoms with Gasteiger partial charge in [0.25, 0.3) is 5.89 Å². The molecule has 0 unspecified atom stereocenters. The Morgan fingerprint density at radius 1 is 1.09 bits per heavy atom. The Morgan fingerprint density at radius 2 is 1.87 bits per heavy atom. The highest BCUT2D eigenvalue weighted by Gasteiger charge is 2.13. The number of hydrogen-bond donors (Lipinski definition) is 0. The second kappa shape index (κ2) is 6.55. The van der Waals surface area contributed by atoms with Gasteiger partial charge in [0.2, 0.25) is 5.76 Å². The Bertz CT molecular complexity index is 768. The number of nitrogens with zero attached hydrogens (tertiary/aromatic N) is 3. The number of aryl methyl sites for hydroxylation is 3. The molecule has 2 aromatic heterocycles. The molecule has 0 aliphatic heterocycles. The van der Waals surface area contributed by atoms with E-state index in [-0.39, 0.29) is 11.6 Å². The molecule has 2 heterocycles. The van der Waals surface area contributed by atoms with E-state index in [9.17, 15) is 8.78 Å². The summed E-state index contributed by atoms with van der Waals surface area (Å²) in [6, 6.07) is 8.15. The fraction of sp³-hybridized carbons (Fsp3) is 0.267. The summed E-state index contributed by atoms with van der Waals surface area (Å²) in [4.78, 5) is 4.23. The van der Waals surface area contributed by atoms with Crippen molar-refractivity contribution in [3.05, 3.63) is 47.4 Å². The molecule has 0 atom stereocenters. The highest BCUT2D eigenvalue weighted by Crippen LogP contribution is 2.19. The van der Waals surface area contributed by atoms with E-state index in [1.165, 1.54) is 12.1 Å². The Hall–Kier alpha value is -2.77. The van der Waals surface area contributed by atoms with E-state index in [2.05, 4.69) is 20.0 Å². The smallest absolute Gasteiger partial charge is 0.387 e. The maximum Gasteiger partial charge on any atom is 0.387 e. The summed E-state index contributed by atoms with van der Waals surface area (Å²) < 4.78 is 38.6. The molecule has 3 rings (SSSR count). The molecule has 23 heavy (non-hydrogen) atoms. The van der Waals surface area contributed by atoms with Gasteiger partial charge in [-0.1, -0.05) is 22.4 Å². The molecule has 3 aromatic rings. The summed E-state index contributed by atoms with van der Waals surface area (Å²) in [5.74, 6) is 1.37. The number of halogens is 2. The molecule has 8 heteroatoms. The molecule has 0 aliphatic carbocycles. The van der Waals surface area contributed by atoms with Crippen molar-refractivity contribution < 1.29 is 22.6 Å². The first-order valence-electron chi connectivity index (χ1n) is 6.90. The molecule has 1 aromatic carbocycles. The van der Waals surface area contributed by atoms with E-state index >= 15 is 0 Å². The lowest BCUT2D eigenvalue weighted by Crippen LogP contribution is -2.01. The SMILES string of the molecule is Cc1cc(-c2nc(CCc3ccc(OC(F)F)cc3)no2)on1. The molecule has 0 amide bonds. The Labute approximate surface area is 130 Å². The number of aromatic nitrogens is 3. The van der Waals surface area contributed by atoms with Gasteiger partial charge in [0, 0.05) is 12.5 Å². The van der Waals surface area contributed by atoms with E-state index < -0.39 is 6.61 Å². The standard InChI is InChI=1S/C15H13F2N3O3/c1-9-8-12(22-19-9)14-18-13(20-23-14)7-4-10-2-5-11(6-3-10)21-15(16)17/h2-3,5-6,8,15H,4,7H2,1H3. The molecule has 0 bridgehead atoms. The van der Waals surface area contributed by atoms with Crippen molar-refractivity contribution in [2.45, 2.75) is 26.4 Å². The predicted octanol–water partition coefficient (Wildman–Crippen LogP) is 3.42. The second-order valence-electron chi connectivity index (χ2n) is 4.87. The van der Waals surface area contributed by atoms with Gasteiger partial charge in [-0.3, -0.25) is 0 Å². The fourth-order valence-electron chi connectivity index (χ4n) is 2.01. The van der Waals surface area contributed by atoms with E-state index in [0.29, 0.717) is 24.4 Å². The van der Waals surface area contributed by atoms with Gasteiger partial charge in [-0.25, -0.2) is 0 Å². The van der Waals surface area contributed by atoms with Gasteiger partial charge in [-0.15, -0.1) is 0 Å². The molecule has 0 saturated carbocycles. The molecule has 0 radical (unpaired) electrons. The largest absolute Gasteiger partial charge is 0.435 e. The van der Waals surface area contributed by atoms with Crippen molar-refractivity contribution >= 4 is 0 Å². The summed E-state index contributed by atoms with van der Waals surface area (Å²) >= 11 is 0. The van der Waals surface area contributed by atoms with Crippen molar-refractivity contribution in [1.29, 1.82) is 0 Å². The third kappa shape index (κ3) is 3.91. The van der Waals surface area contributed by atoms with E-state index in [1.807, 2.05) is 0 Å². The predicted molar refractivity (Wildman–Crippen MR) is 75.0 cm³/mol. The van der Waals surface area contributed by atoms with Crippen LogP contribution in [0, 0.1) is 6.92 Å². The van der Waals surface area contributed by atoms with E-state index in [0.717, 1.165) is 11.3 Å². The van der Waals surface area contributed by atoms with Crippen LogP contribution in [0.25, 0.3) is 11.7 Å². The van der Waals surface area contributed by atoms with Gasteiger partial charge < -0.3 is 13.8 Å². The van der Waals surface area contributed by atoms with Crippen molar-refractivity contribution in [2.24, 2.45) is 0 Å². The zero-order chi connectivity index (χ0) is 16.2. The lowest BCUT2D eigenvalue weighted by atomic mass is 10.1. The monoisotopic (exact) mass is 321 g/mol. The molecule has 120 valence electrons. The van der Waals surface area contributed by atoms with Crippen molar-refractivity contribution in [2.75, 3.05) is 0 Å². The van der Waals surface area contributed by atoms with Gasteiger partial charge in [-0.05, 0) is 31.0 Å². The number of alkyl halides is 2. The average Bonchev–Trinajstić information content (AvgIpc) is 3.15. The number of hydrogen-bond acceptors (Lipinski definition) is 6. The molecule has 0 N–H and O–H groups in total. The normalized spacial score (nSPS) is 11.1. The molecule has 0 fully saturated rings. The molecule has 0 aliphatic rings. The molecule has 0 spiro atoms. The van der Waals surface area contributed by atoms with Crippen molar-refractivity contribution in [3.8, 4) is 17.4 Å². The zero-order valence-corrected chi connectivity index (χ0v) is 12.2. The zero-order valence-electron chi connectivity index (χ0n) is 12.2. The Kier molecular flexibility index (Phi) is 4.31. The number of benzene rings is 1. The lowest BCUT2D eigenvalue weighted by Gasteiger charge is -2.05. The third-order valence-corrected chi connectivity index (χ3v) is 3.09. The minimum atomic E-state index is -2.82. The van der Waals surface area contributed by atoms with Crippen LogP contribution in [0.2, 0.25) is 0 Å². The number of ether oxygens (including phenoxy) is 1. The Morgan fingerprint density at radius 3 is 2.52 bits per heavy atom. The van der Waals surface area contributed by atoms with Gasteiger partial charge in [-0.2, -0.15) is 13.8 Å². The fourth-order valence-corrected chi connectivity index (χ4v) is 2.01. The highest BCUT2D eigenvalue weighted by atomic mass is 19.3. The molecule has 6 nitrogen and oxygen atoms in total. The Balaban J connectivity index is 1.59. The third-order valence-electron chi connectivity index (χ3n) is 3.09. The van der Waals surface area contributed by atoms with E-state index in [1.54, 1.807) is 25.1 Å². The topological polar surface area (TPSA) is 74.2 Å². The first-order valence-corrected chi connectivity index (χ1v) is 6.90. The first-order chi connectivity index (χ1) is 11.1. The summed E-state index contributed by atoms with van der Waals surface area (Å²) in [7, 11) is 0. The summed E-state index contributed by atoms with van der Waals surface area (Å²) in [6.45, 7) is -1.02. The van der Waals surface area contributed by atoms with Crippen LogP contribution in [0.3, 0.4) is 0 Å². The average molecular weight is 321 g/mol. The van der Waals surface area contributed by atoms with Crippen LogP contribution in [0.1, 0.15) is 17.1 Å². The van der Waals surface area contributed by atoms with Gasteiger partial charge >= 0.3 is 6.61 Å². The summed E-state index contributed by atoms with van der Waals surface area (Å²) in [5.41, 5.74) is 1.68. The van der Waals surface area contributed by atoms with Crippen LogP contribution >= 0.6 is 0 Å². The highest BCUT2D eigenvalue weighted by molar-refractivity contribution is 5.43. The minimum Gasteiger partial charge on any atom is -0.435 e. The minimum absolute atomic E-state index is 0.131. The van der Waals surface area contributed by atoms with Crippen LogP contribution < -0.4 is 4.74 Å². The van der Waals surface area contributed by atoms with Crippen LogP contribution in [-0.4, -0.2) is 21.9 Å². The van der Waals surface area contributed by atoms with E-state index in [4.69, 9.17) is 9.05 Å². The second-order valence-corrected chi connectivity index (χ2v) is 4.87. The number of rotatable bonds is 6. The quantitative estimate of drug-likeness (QED) is 0.692. The van der Waals surface area contributed by atoms with Crippen LogP contribution in [-0.2, 0) is 12.8 Å². The molecular weight excluding hydrogens is 308 g/mol. The lowest BCUT2D eigenvalue weighted by molar-refractivity contribution is -0.0498. The maximum absolute atomic E-state index is 12.1. The van der Waals surface area contributed by atoms with Crippen molar-refractivity contribution in [3.63, 3.8) is 0 Å². The summed E-state index contributed by atoms with van der Waals surface area (Å²) in [6.07, 6.45) is 1.19. The van der Waals surface area contributed by atoms with Gasteiger partial charge in [0.1, 0.15) is 5.75 Å². The van der Waals surface area contributed by atoms with Crippen LogP contribution in [0.5, 0.6) is 5.75 Å². The molecular formula is C15H13F2N3O3. The van der Waals surface area contributed by atoms with Crippen LogP contribution in [0.15, 0.2) is 39.4 Å². The van der Waals surface area contributed by atoms with Gasteiger partial charge in [0.05, 0.1) is 5.69 Å². The van der Waals surface area contributed by atoms with Crippen molar-refractivity contribution in [1.82, 2.24) is 15.3 Å².